The minimum absolute atomic E-state index is 0.00384. The predicted molar refractivity (Wildman–Crippen MR) is 74.3 cm³/mol. The number of ether oxygens (including phenoxy) is 1. The van der Waals surface area contributed by atoms with Crippen molar-refractivity contribution in [2.75, 3.05) is 0 Å². The number of halogens is 2. The lowest BCUT2D eigenvalue weighted by molar-refractivity contribution is -0.0505. The smallest absolute Gasteiger partial charge is 0.387 e. The van der Waals surface area contributed by atoms with E-state index in [-0.39, 0.29) is 11.8 Å². The fourth-order valence-corrected chi connectivity index (χ4v) is 2.33. The highest BCUT2D eigenvalue weighted by Gasteiger charge is 2.17. The second-order valence-corrected chi connectivity index (χ2v) is 4.83. The molecule has 1 atom stereocenters. The molecule has 0 saturated carbocycles. The van der Waals surface area contributed by atoms with E-state index in [9.17, 15) is 8.78 Å². The van der Waals surface area contributed by atoms with Gasteiger partial charge in [0.05, 0.1) is 5.69 Å². The van der Waals surface area contributed by atoms with Crippen molar-refractivity contribution in [1.82, 2.24) is 10.5 Å². The maximum atomic E-state index is 12.4. The van der Waals surface area contributed by atoms with Crippen LogP contribution in [0.15, 0.2) is 28.8 Å². The number of rotatable bonds is 6. The Bertz CT molecular complexity index is 580. The molecule has 0 bridgehead atoms. The number of para-hydroxylation sites is 1. The molecule has 1 unspecified atom stereocenters. The number of hydrogen-bond acceptors (Lipinski definition) is 4. The van der Waals surface area contributed by atoms with Gasteiger partial charge in [0.15, 0.2) is 0 Å². The monoisotopic (exact) mass is 296 g/mol. The molecular weight excluding hydrogens is 278 g/mol. The third-order valence-electron chi connectivity index (χ3n) is 3.31. The first-order valence-corrected chi connectivity index (χ1v) is 6.68. The summed E-state index contributed by atoms with van der Waals surface area (Å²) in [6.45, 7) is 3.28. The van der Waals surface area contributed by atoms with Gasteiger partial charge in [0, 0.05) is 23.7 Å². The van der Waals surface area contributed by atoms with Gasteiger partial charge in [0.2, 0.25) is 0 Å². The summed E-state index contributed by atoms with van der Waals surface area (Å²) in [6.07, 6.45) is 0. The van der Waals surface area contributed by atoms with Crippen molar-refractivity contribution >= 4 is 0 Å². The second-order valence-electron chi connectivity index (χ2n) is 4.83. The van der Waals surface area contributed by atoms with E-state index in [1.165, 1.54) is 6.07 Å². The van der Waals surface area contributed by atoms with Gasteiger partial charge >= 0.3 is 6.61 Å². The van der Waals surface area contributed by atoms with Crippen LogP contribution in [-0.4, -0.2) is 11.8 Å². The maximum absolute atomic E-state index is 12.4. The van der Waals surface area contributed by atoms with Crippen molar-refractivity contribution < 1.29 is 18.0 Å². The molecule has 0 saturated heterocycles. The van der Waals surface area contributed by atoms with Crippen molar-refractivity contribution in [3.8, 4) is 5.75 Å². The molecule has 114 valence electrons. The van der Waals surface area contributed by atoms with Crippen LogP contribution in [0.1, 0.15) is 35.5 Å². The lowest BCUT2D eigenvalue weighted by Gasteiger charge is -2.16. The number of benzene rings is 1. The zero-order valence-corrected chi connectivity index (χ0v) is 12.2. The molecule has 4 nitrogen and oxygen atoms in total. The van der Waals surface area contributed by atoms with Gasteiger partial charge in [0.25, 0.3) is 0 Å². The standard InChI is InChI=1S/C15H18F2N2O2/c1-9(14-10(2)19-21-11(14)3)18-8-12-6-4-5-7-13(12)20-15(16)17/h4-7,9,15,18H,8H2,1-3H3. The highest BCUT2D eigenvalue weighted by Crippen LogP contribution is 2.24. The topological polar surface area (TPSA) is 47.3 Å². The van der Waals surface area contributed by atoms with Crippen LogP contribution >= 0.6 is 0 Å². The van der Waals surface area contributed by atoms with Crippen LogP contribution in [-0.2, 0) is 6.54 Å². The molecular formula is C15H18F2N2O2. The van der Waals surface area contributed by atoms with Gasteiger partial charge in [-0.15, -0.1) is 0 Å². The number of alkyl halides is 2. The Balaban J connectivity index is 2.06. The molecule has 2 aromatic rings. The maximum Gasteiger partial charge on any atom is 0.387 e. The van der Waals surface area contributed by atoms with Crippen LogP contribution in [0, 0.1) is 13.8 Å². The first-order valence-electron chi connectivity index (χ1n) is 6.68. The lowest BCUT2D eigenvalue weighted by atomic mass is 10.1. The molecule has 1 aromatic heterocycles. The number of hydrogen-bond donors (Lipinski definition) is 1. The van der Waals surface area contributed by atoms with E-state index in [4.69, 9.17) is 4.52 Å². The molecule has 6 heteroatoms. The molecule has 21 heavy (non-hydrogen) atoms. The van der Waals surface area contributed by atoms with E-state index in [0.717, 1.165) is 17.0 Å². The molecule has 0 aliphatic carbocycles. The van der Waals surface area contributed by atoms with Gasteiger partial charge < -0.3 is 14.6 Å². The fraction of sp³-hybridized carbons (Fsp3) is 0.400. The largest absolute Gasteiger partial charge is 0.434 e. The average Bonchev–Trinajstić information content (AvgIpc) is 2.76. The van der Waals surface area contributed by atoms with Crippen molar-refractivity contribution in [3.63, 3.8) is 0 Å². The van der Waals surface area contributed by atoms with Gasteiger partial charge in [-0.05, 0) is 26.8 Å². The van der Waals surface area contributed by atoms with Gasteiger partial charge in [-0.1, -0.05) is 23.4 Å². The normalized spacial score (nSPS) is 12.7. The molecule has 0 aliphatic rings. The molecule has 2 rings (SSSR count). The molecule has 1 aromatic carbocycles. The van der Waals surface area contributed by atoms with Gasteiger partial charge in [-0.25, -0.2) is 0 Å². The molecule has 0 amide bonds. The zero-order valence-electron chi connectivity index (χ0n) is 12.2. The molecule has 0 radical (unpaired) electrons. The summed E-state index contributed by atoms with van der Waals surface area (Å²) in [7, 11) is 0. The Morgan fingerprint density at radius 3 is 2.62 bits per heavy atom. The van der Waals surface area contributed by atoms with Crippen molar-refractivity contribution in [3.05, 3.63) is 46.8 Å². The van der Waals surface area contributed by atoms with E-state index < -0.39 is 6.61 Å². The van der Waals surface area contributed by atoms with E-state index >= 15 is 0 Å². The fourth-order valence-electron chi connectivity index (χ4n) is 2.33. The van der Waals surface area contributed by atoms with Crippen LogP contribution in [0.5, 0.6) is 5.75 Å². The average molecular weight is 296 g/mol. The summed E-state index contributed by atoms with van der Waals surface area (Å²) < 4.78 is 34.4. The first-order chi connectivity index (χ1) is 9.99. The van der Waals surface area contributed by atoms with Crippen LogP contribution in [0.25, 0.3) is 0 Å². The van der Waals surface area contributed by atoms with Crippen LogP contribution in [0.3, 0.4) is 0 Å². The predicted octanol–water partition coefficient (Wildman–Crippen LogP) is 3.74. The number of nitrogens with zero attached hydrogens (tertiary/aromatic N) is 1. The van der Waals surface area contributed by atoms with Crippen LogP contribution in [0.2, 0.25) is 0 Å². The number of aromatic nitrogens is 1. The molecule has 0 aliphatic heterocycles. The van der Waals surface area contributed by atoms with Gasteiger partial charge in [0.1, 0.15) is 11.5 Å². The molecule has 1 N–H and O–H groups in total. The molecule has 0 fully saturated rings. The third-order valence-corrected chi connectivity index (χ3v) is 3.31. The van der Waals surface area contributed by atoms with Crippen molar-refractivity contribution in [1.29, 1.82) is 0 Å². The summed E-state index contributed by atoms with van der Waals surface area (Å²) in [5.74, 6) is 0.940. The zero-order chi connectivity index (χ0) is 15.4. The van der Waals surface area contributed by atoms with Crippen molar-refractivity contribution in [2.45, 2.75) is 40.0 Å². The SMILES string of the molecule is Cc1noc(C)c1C(C)NCc1ccccc1OC(F)F. The van der Waals surface area contributed by atoms with E-state index in [0.29, 0.717) is 12.1 Å². The molecule has 1 heterocycles. The Labute approximate surface area is 122 Å². The first kappa shape index (κ1) is 15.4. The van der Waals surface area contributed by atoms with Crippen LogP contribution in [0.4, 0.5) is 8.78 Å². The summed E-state index contributed by atoms with van der Waals surface area (Å²) in [5.41, 5.74) is 2.49. The summed E-state index contributed by atoms with van der Waals surface area (Å²) in [4.78, 5) is 0. The third kappa shape index (κ3) is 3.78. The minimum atomic E-state index is -2.83. The Morgan fingerprint density at radius 2 is 2.00 bits per heavy atom. The summed E-state index contributed by atoms with van der Waals surface area (Å²) >= 11 is 0. The van der Waals surface area contributed by atoms with E-state index in [2.05, 4.69) is 15.2 Å². The highest BCUT2D eigenvalue weighted by atomic mass is 19.3. The second kappa shape index (κ2) is 6.67. The van der Waals surface area contributed by atoms with Gasteiger partial charge in [-0.3, -0.25) is 0 Å². The van der Waals surface area contributed by atoms with Crippen molar-refractivity contribution in [2.24, 2.45) is 0 Å². The Kier molecular flexibility index (Phi) is 4.90. The number of aryl methyl sites for hydroxylation is 2. The summed E-state index contributed by atoms with van der Waals surface area (Å²) in [6, 6.07) is 6.74. The van der Waals surface area contributed by atoms with E-state index in [1.807, 2.05) is 20.8 Å². The molecule has 0 spiro atoms. The summed E-state index contributed by atoms with van der Waals surface area (Å²) in [5, 5.41) is 7.18. The van der Waals surface area contributed by atoms with Crippen LogP contribution < -0.4 is 10.1 Å². The number of nitrogens with one attached hydrogen (secondary N) is 1. The Hall–Kier alpha value is -1.95. The lowest BCUT2D eigenvalue weighted by Crippen LogP contribution is -2.20. The highest BCUT2D eigenvalue weighted by molar-refractivity contribution is 5.33. The van der Waals surface area contributed by atoms with E-state index in [1.54, 1.807) is 18.2 Å². The minimum Gasteiger partial charge on any atom is -0.434 e. The quantitative estimate of drug-likeness (QED) is 0.882. The Morgan fingerprint density at radius 1 is 1.29 bits per heavy atom. The van der Waals surface area contributed by atoms with Gasteiger partial charge in [-0.2, -0.15) is 8.78 Å².